The van der Waals surface area contributed by atoms with Gasteiger partial charge >= 0.3 is 0 Å². The van der Waals surface area contributed by atoms with Gasteiger partial charge in [0, 0.05) is 16.3 Å². The zero-order valence-electron chi connectivity index (χ0n) is 9.87. The Balaban J connectivity index is 2.48. The minimum atomic E-state index is 0.412. The van der Waals surface area contributed by atoms with Crippen LogP contribution in [0.4, 0.5) is 0 Å². The number of rotatable bonds is 4. The first-order valence-corrected chi connectivity index (χ1v) is 7.96. The molecule has 2 nitrogen and oxygen atoms in total. The molecule has 0 saturated heterocycles. The van der Waals surface area contributed by atoms with E-state index in [-0.39, 0.29) is 0 Å². The van der Waals surface area contributed by atoms with Gasteiger partial charge in [0.05, 0.1) is 11.0 Å². The number of aromatic amines is 1. The predicted molar refractivity (Wildman–Crippen MR) is 82.5 cm³/mol. The molecule has 0 aliphatic heterocycles. The van der Waals surface area contributed by atoms with Gasteiger partial charge in [0.25, 0.3) is 0 Å². The van der Waals surface area contributed by atoms with Gasteiger partial charge in [-0.25, -0.2) is 0 Å². The zero-order chi connectivity index (χ0) is 12.4. The van der Waals surface area contributed by atoms with Crippen LogP contribution in [0.5, 0.6) is 0 Å². The van der Waals surface area contributed by atoms with Crippen LogP contribution >= 0.6 is 39.9 Å². The number of hydrogen-bond acceptors (Lipinski definition) is 2. The number of aromatic nitrogens is 2. The first kappa shape index (κ1) is 13.2. The Morgan fingerprint density at radius 1 is 1.53 bits per heavy atom. The van der Waals surface area contributed by atoms with E-state index in [4.69, 9.17) is 12.2 Å². The number of nitrogens with zero attached hydrogens (tertiary/aromatic N) is 1. The molecular weight excluding hydrogens is 316 g/mol. The third kappa shape index (κ3) is 2.77. The van der Waals surface area contributed by atoms with E-state index in [9.17, 15) is 0 Å². The average Bonchev–Trinajstić information content (AvgIpc) is 2.61. The summed E-state index contributed by atoms with van der Waals surface area (Å²) in [5, 5.41) is 0. The minimum absolute atomic E-state index is 0.412. The van der Waals surface area contributed by atoms with Gasteiger partial charge < -0.3 is 9.55 Å². The molecule has 1 aromatic carbocycles. The van der Waals surface area contributed by atoms with Gasteiger partial charge in [-0.05, 0) is 43.1 Å². The quantitative estimate of drug-likeness (QED) is 0.814. The lowest BCUT2D eigenvalue weighted by Gasteiger charge is -2.13. The Bertz CT molecular complexity index is 573. The SMILES string of the molecule is CCSCC(C)n1c(=S)[nH]c2ccc(Br)cc21. The molecule has 0 radical (unpaired) electrons. The lowest BCUT2D eigenvalue weighted by molar-refractivity contribution is 0.619. The van der Waals surface area contributed by atoms with Crippen molar-refractivity contribution in [2.75, 3.05) is 11.5 Å². The highest BCUT2D eigenvalue weighted by Gasteiger charge is 2.11. The maximum atomic E-state index is 5.41. The highest BCUT2D eigenvalue weighted by atomic mass is 79.9. The van der Waals surface area contributed by atoms with Gasteiger partial charge in [0.2, 0.25) is 0 Å². The Kier molecular flexibility index (Phi) is 4.33. The van der Waals surface area contributed by atoms with E-state index in [0.29, 0.717) is 6.04 Å². The van der Waals surface area contributed by atoms with Gasteiger partial charge in [0.1, 0.15) is 0 Å². The van der Waals surface area contributed by atoms with Crippen LogP contribution in [-0.2, 0) is 0 Å². The van der Waals surface area contributed by atoms with Gasteiger partial charge in [-0.15, -0.1) is 0 Å². The molecule has 0 spiro atoms. The van der Waals surface area contributed by atoms with Crippen LogP contribution < -0.4 is 0 Å². The molecule has 0 aliphatic rings. The summed E-state index contributed by atoms with van der Waals surface area (Å²) >= 11 is 10.9. The topological polar surface area (TPSA) is 20.7 Å². The van der Waals surface area contributed by atoms with Crippen molar-refractivity contribution < 1.29 is 0 Å². The molecule has 1 unspecified atom stereocenters. The average molecular weight is 331 g/mol. The molecule has 0 bridgehead atoms. The van der Waals surface area contributed by atoms with Gasteiger partial charge in [-0.1, -0.05) is 22.9 Å². The fraction of sp³-hybridized carbons (Fsp3) is 0.417. The second-order valence-electron chi connectivity index (χ2n) is 3.97. The summed E-state index contributed by atoms with van der Waals surface area (Å²) in [5.41, 5.74) is 2.28. The summed E-state index contributed by atoms with van der Waals surface area (Å²) in [6, 6.07) is 6.62. The molecular formula is C12H15BrN2S2. The second kappa shape index (κ2) is 5.59. The smallest absolute Gasteiger partial charge is 0.178 e. The molecule has 0 aliphatic carbocycles. The number of fused-ring (bicyclic) bond motifs is 1. The first-order chi connectivity index (χ1) is 8.13. The highest BCUT2D eigenvalue weighted by Crippen LogP contribution is 2.24. The number of halogens is 1. The standard InChI is InChI=1S/C12H15BrN2S2/c1-3-17-7-8(2)15-11-6-9(13)4-5-10(11)14-12(15)16/h4-6,8H,3,7H2,1-2H3,(H,14,16). The molecule has 1 atom stereocenters. The van der Waals surface area contributed by atoms with Crippen molar-refractivity contribution in [3.8, 4) is 0 Å². The maximum absolute atomic E-state index is 5.41. The minimum Gasteiger partial charge on any atom is -0.331 e. The van der Waals surface area contributed by atoms with Crippen LogP contribution in [0.1, 0.15) is 19.9 Å². The molecule has 5 heteroatoms. The maximum Gasteiger partial charge on any atom is 0.178 e. The molecule has 1 N–H and O–H groups in total. The zero-order valence-corrected chi connectivity index (χ0v) is 13.1. The molecule has 1 heterocycles. The van der Waals surface area contributed by atoms with Crippen molar-refractivity contribution >= 4 is 50.9 Å². The number of thioether (sulfide) groups is 1. The fourth-order valence-corrected chi connectivity index (χ4v) is 3.36. The summed E-state index contributed by atoms with van der Waals surface area (Å²) in [6.07, 6.45) is 0. The van der Waals surface area contributed by atoms with E-state index in [2.05, 4.69) is 51.5 Å². The molecule has 2 rings (SSSR count). The van der Waals surface area contributed by atoms with Crippen LogP contribution in [-0.4, -0.2) is 21.1 Å². The largest absolute Gasteiger partial charge is 0.331 e. The highest BCUT2D eigenvalue weighted by molar-refractivity contribution is 9.10. The molecule has 0 amide bonds. The van der Waals surface area contributed by atoms with Crippen LogP contribution in [0.2, 0.25) is 0 Å². The summed E-state index contributed by atoms with van der Waals surface area (Å²) in [4.78, 5) is 3.26. The van der Waals surface area contributed by atoms with E-state index in [0.717, 1.165) is 26.3 Å². The summed E-state index contributed by atoms with van der Waals surface area (Å²) in [7, 11) is 0. The number of imidazole rings is 1. The third-order valence-corrected chi connectivity index (χ3v) is 4.60. The number of nitrogens with one attached hydrogen (secondary N) is 1. The Hall–Kier alpha value is -0.260. The first-order valence-electron chi connectivity index (χ1n) is 5.61. The predicted octanol–water partition coefficient (Wildman–Crippen LogP) is 4.78. The van der Waals surface area contributed by atoms with Crippen molar-refractivity contribution in [2.24, 2.45) is 0 Å². The van der Waals surface area contributed by atoms with Crippen LogP contribution in [0.15, 0.2) is 22.7 Å². The molecule has 92 valence electrons. The van der Waals surface area contributed by atoms with Crippen molar-refractivity contribution in [1.29, 1.82) is 0 Å². The Morgan fingerprint density at radius 2 is 2.29 bits per heavy atom. The fourth-order valence-electron chi connectivity index (χ4n) is 1.90. The molecule has 0 saturated carbocycles. The monoisotopic (exact) mass is 330 g/mol. The van der Waals surface area contributed by atoms with E-state index >= 15 is 0 Å². The van der Waals surface area contributed by atoms with Crippen LogP contribution in [0.3, 0.4) is 0 Å². The second-order valence-corrected chi connectivity index (χ2v) is 6.59. The lowest BCUT2D eigenvalue weighted by Crippen LogP contribution is -2.07. The van der Waals surface area contributed by atoms with Crippen molar-refractivity contribution in [3.05, 3.63) is 27.4 Å². The van der Waals surface area contributed by atoms with Gasteiger partial charge in [0.15, 0.2) is 4.77 Å². The number of H-pyrrole nitrogens is 1. The van der Waals surface area contributed by atoms with Gasteiger partial charge in [-0.2, -0.15) is 11.8 Å². The molecule has 1 aromatic heterocycles. The Labute approximate surface area is 119 Å². The van der Waals surface area contributed by atoms with Crippen molar-refractivity contribution in [2.45, 2.75) is 19.9 Å². The summed E-state index contributed by atoms with van der Waals surface area (Å²) in [6.45, 7) is 4.40. The van der Waals surface area contributed by atoms with Crippen molar-refractivity contribution in [3.63, 3.8) is 0 Å². The van der Waals surface area contributed by atoms with E-state index < -0.39 is 0 Å². The lowest BCUT2D eigenvalue weighted by atomic mass is 10.3. The third-order valence-electron chi connectivity index (χ3n) is 2.68. The van der Waals surface area contributed by atoms with Crippen LogP contribution in [0.25, 0.3) is 11.0 Å². The molecule has 17 heavy (non-hydrogen) atoms. The van der Waals surface area contributed by atoms with Crippen LogP contribution in [0, 0.1) is 4.77 Å². The van der Waals surface area contributed by atoms with E-state index in [1.807, 2.05) is 17.8 Å². The Morgan fingerprint density at radius 3 is 3.00 bits per heavy atom. The van der Waals surface area contributed by atoms with E-state index in [1.54, 1.807) is 0 Å². The number of hydrogen-bond donors (Lipinski definition) is 1. The van der Waals surface area contributed by atoms with Gasteiger partial charge in [-0.3, -0.25) is 0 Å². The molecule has 2 aromatic rings. The van der Waals surface area contributed by atoms with E-state index in [1.165, 1.54) is 5.52 Å². The number of benzene rings is 1. The normalized spacial score (nSPS) is 13.1. The molecule has 0 fully saturated rings. The summed E-state index contributed by atoms with van der Waals surface area (Å²) in [5.74, 6) is 2.23. The summed E-state index contributed by atoms with van der Waals surface area (Å²) < 4.78 is 4.10. The van der Waals surface area contributed by atoms with Crippen molar-refractivity contribution in [1.82, 2.24) is 9.55 Å².